The summed E-state index contributed by atoms with van der Waals surface area (Å²) in [5, 5.41) is 9.05. The van der Waals surface area contributed by atoms with Crippen molar-refractivity contribution in [1.82, 2.24) is 0 Å². The number of hydrogen-bond acceptors (Lipinski definition) is 3. The number of rotatable bonds is 5. The van der Waals surface area contributed by atoms with Gasteiger partial charge >= 0.3 is 11.9 Å². The van der Waals surface area contributed by atoms with Crippen molar-refractivity contribution in [2.75, 3.05) is 6.61 Å². The fourth-order valence-corrected chi connectivity index (χ4v) is 2.24. The molecule has 21 heavy (non-hydrogen) atoms. The molecule has 0 heterocycles. The van der Waals surface area contributed by atoms with Crippen LogP contribution in [0.25, 0.3) is 11.1 Å². The van der Waals surface area contributed by atoms with E-state index in [1.807, 2.05) is 30.3 Å². The number of carboxylic acid groups (broad SMARTS) is 1. The van der Waals surface area contributed by atoms with Crippen LogP contribution >= 0.6 is 0 Å². The average molecular weight is 284 g/mol. The van der Waals surface area contributed by atoms with Crippen LogP contribution in [-0.2, 0) is 16.0 Å². The van der Waals surface area contributed by atoms with E-state index in [1.165, 1.54) is 0 Å². The monoisotopic (exact) mass is 284 g/mol. The van der Waals surface area contributed by atoms with E-state index in [-0.39, 0.29) is 13.0 Å². The van der Waals surface area contributed by atoms with Crippen LogP contribution in [0.4, 0.5) is 0 Å². The SMILES string of the molecule is CCOC(=O)c1cccc(CC(=O)O)c1-c1ccccc1. The van der Waals surface area contributed by atoms with Gasteiger partial charge < -0.3 is 9.84 Å². The fraction of sp³-hybridized carbons (Fsp3) is 0.176. The summed E-state index contributed by atoms with van der Waals surface area (Å²) >= 11 is 0. The lowest BCUT2D eigenvalue weighted by Gasteiger charge is -2.13. The number of aliphatic carboxylic acids is 1. The van der Waals surface area contributed by atoms with E-state index in [1.54, 1.807) is 25.1 Å². The lowest BCUT2D eigenvalue weighted by molar-refractivity contribution is -0.136. The molecule has 0 saturated heterocycles. The van der Waals surface area contributed by atoms with Crippen molar-refractivity contribution in [3.8, 4) is 11.1 Å². The highest BCUT2D eigenvalue weighted by Crippen LogP contribution is 2.29. The molecule has 0 aromatic heterocycles. The van der Waals surface area contributed by atoms with Gasteiger partial charge in [-0.15, -0.1) is 0 Å². The van der Waals surface area contributed by atoms with E-state index in [0.717, 1.165) is 5.56 Å². The van der Waals surface area contributed by atoms with Crippen LogP contribution in [-0.4, -0.2) is 23.7 Å². The molecule has 0 aliphatic rings. The summed E-state index contributed by atoms with van der Waals surface area (Å²) in [7, 11) is 0. The fourth-order valence-electron chi connectivity index (χ4n) is 2.24. The van der Waals surface area contributed by atoms with Crippen molar-refractivity contribution >= 4 is 11.9 Å². The molecular formula is C17H16O4. The zero-order valence-electron chi connectivity index (χ0n) is 11.7. The number of ether oxygens (including phenoxy) is 1. The smallest absolute Gasteiger partial charge is 0.338 e. The first kappa shape index (κ1) is 14.8. The van der Waals surface area contributed by atoms with Crippen LogP contribution in [0.15, 0.2) is 48.5 Å². The van der Waals surface area contributed by atoms with Gasteiger partial charge in [0.15, 0.2) is 0 Å². The van der Waals surface area contributed by atoms with Gasteiger partial charge in [0.25, 0.3) is 0 Å². The van der Waals surface area contributed by atoms with E-state index in [2.05, 4.69) is 0 Å². The summed E-state index contributed by atoms with van der Waals surface area (Å²) < 4.78 is 5.06. The van der Waals surface area contributed by atoms with Crippen LogP contribution in [0.1, 0.15) is 22.8 Å². The third-order valence-electron chi connectivity index (χ3n) is 3.05. The molecule has 0 spiro atoms. The van der Waals surface area contributed by atoms with Gasteiger partial charge in [0.1, 0.15) is 0 Å². The molecule has 0 saturated carbocycles. The second kappa shape index (κ2) is 6.70. The molecule has 108 valence electrons. The Kier molecular flexibility index (Phi) is 4.72. The van der Waals surface area contributed by atoms with Crippen LogP contribution < -0.4 is 0 Å². The Bertz CT molecular complexity index is 647. The van der Waals surface area contributed by atoms with Gasteiger partial charge in [-0.2, -0.15) is 0 Å². The maximum absolute atomic E-state index is 12.1. The molecule has 0 aliphatic carbocycles. The topological polar surface area (TPSA) is 63.6 Å². The Morgan fingerprint density at radius 3 is 2.38 bits per heavy atom. The lowest BCUT2D eigenvalue weighted by Crippen LogP contribution is -2.10. The Labute approximate surface area is 123 Å². The Morgan fingerprint density at radius 2 is 1.76 bits per heavy atom. The first-order valence-electron chi connectivity index (χ1n) is 6.69. The molecule has 2 aromatic rings. The Balaban J connectivity index is 2.60. The van der Waals surface area contributed by atoms with E-state index >= 15 is 0 Å². The minimum Gasteiger partial charge on any atom is -0.481 e. The molecule has 0 radical (unpaired) electrons. The van der Waals surface area contributed by atoms with Gasteiger partial charge in [0.2, 0.25) is 0 Å². The first-order chi connectivity index (χ1) is 10.1. The molecule has 0 amide bonds. The maximum atomic E-state index is 12.1. The normalized spacial score (nSPS) is 10.1. The van der Waals surface area contributed by atoms with Crippen molar-refractivity contribution in [2.24, 2.45) is 0 Å². The third-order valence-corrected chi connectivity index (χ3v) is 3.05. The van der Waals surface area contributed by atoms with Gasteiger partial charge in [-0.1, -0.05) is 42.5 Å². The van der Waals surface area contributed by atoms with Crippen LogP contribution in [0.3, 0.4) is 0 Å². The van der Waals surface area contributed by atoms with E-state index in [0.29, 0.717) is 16.7 Å². The summed E-state index contributed by atoms with van der Waals surface area (Å²) in [6, 6.07) is 14.3. The lowest BCUT2D eigenvalue weighted by atomic mass is 9.93. The van der Waals surface area contributed by atoms with Crippen LogP contribution in [0.5, 0.6) is 0 Å². The van der Waals surface area contributed by atoms with Gasteiger partial charge in [-0.25, -0.2) is 4.79 Å². The first-order valence-corrected chi connectivity index (χ1v) is 6.69. The highest BCUT2D eigenvalue weighted by molar-refractivity contribution is 5.98. The highest BCUT2D eigenvalue weighted by atomic mass is 16.5. The van der Waals surface area contributed by atoms with Crippen molar-refractivity contribution in [3.05, 3.63) is 59.7 Å². The minimum absolute atomic E-state index is 0.141. The molecule has 0 aliphatic heterocycles. The maximum Gasteiger partial charge on any atom is 0.338 e. The second-order valence-corrected chi connectivity index (χ2v) is 4.50. The predicted octanol–water partition coefficient (Wildman–Crippen LogP) is 3.16. The molecule has 4 heteroatoms. The molecule has 2 rings (SSSR count). The van der Waals surface area contributed by atoms with Crippen molar-refractivity contribution in [1.29, 1.82) is 0 Å². The van der Waals surface area contributed by atoms with Crippen molar-refractivity contribution in [3.63, 3.8) is 0 Å². The van der Waals surface area contributed by atoms with Crippen LogP contribution in [0, 0.1) is 0 Å². The number of carbonyl (C=O) groups is 2. The summed E-state index contributed by atoms with van der Waals surface area (Å²) in [5.74, 6) is -1.38. The van der Waals surface area contributed by atoms with E-state index in [9.17, 15) is 9.59 Å². The molecule has 4 nitrogen and oxygen atoms in total. The number of esters is 1. The van der Waals surface area contributed by atoms with Gasteiger partial charge in [0.05, 0.1) is 18.6 Å². The predicted molar refractivity (Wildman–Crippen MR) is 79.2 cm³/mol. The Hall–Kier alpha value is -2.62. The third kappa shape index (κ3) is 3.48. The molecule has 2 aromatic carbocycles. The number of benzene rings is 2. The van der Waals surface area contributed by atoms with Gasteiger partial charge in [0, 0.05) is 0 Å². The highest BCUT2D eigenvalue weighted by Gasteiger charge is 2.18. The number of hydrogen-bond donors (Lipinski definition) is 1. The zero-order valence-corrected chi connectivity index (χ0v) is 11.7. The standard InChI is InChI=1S/C17H16O4/c1-2-21-17(20)14-10-6-9-13(11-15(18)19)16(14)12-7-4-3-5-8-12/h3-10H,2,11H2,1H3,(H,18,19). The van der Waals surface area contributed by atoms with E-state index < -0.39 is 11.9 Å². The zero-order chi connectivity index (χ0) is 15.2. The molecule has 1 N–H and O–H groups in total. The Morgan fingerprint density at radius 1 is 1.05 bits per heavy atom. The summed E-state index contributed by atoms with van der Waals surface area (Å²) in [4.78, 5) is 23.2. The minimum atomic E-state index is -0.937. The second-order valence-electron chi connectivity index (χ2n) is 4.50. The van der Waals surface area contributed by atoms with Crippen molar-refractivity contribution in [2.45, 2.75) is 13.3 Å². The summed E-state index contributed by atoms with van der Waals surface area (Å²) in [6.07, 6.45) is -0.141. The largest absolute Gasteiger partial charge is 0.481 e. The molecule has 0 fully saturated rings. The summed E-state index contributed by atoms with van der Waals surface area (Å²) in [5.41, 5.74) is 2.41. The number of carboxylic acids is 1. The average Bonchev–Trinajstić information content (AvgIpc) is 2.47. The quantitative estimate of drug-likeness (QED) is 0.857. The van der Waals surface area contributed by atoms with Crippen LogP contribution in [0.2, 0.25) is 0 Å². The van der Waals surface area contributed by atoms with Gasteiger partial charge in [-0.05, 0) is 29.7 Å². The molecular weight excluding hydrogens is 268 g/mol. The molecule has 0 bridgehead atoms. The van der Waals surface area contributed by atoms with E-state index in [4.69, 9.17) is 9.84 Å². The molecule has 0 unspecified atom stereocenters. The van der Waals surface area contributed by atoms with Crippen molar-refractivity contribution < 1.29 is 19.4 Å². The molecule has 0 atom stereocenters. The number of carbonyl (C=O) groups excluding carboxylic acids is 1. The summed E-state index contributed by atoms with van der Waals surface area (Å²) in [6.45, 7) is 2.01. The van der Waals surface area contributed by atoms with Gasteiger partial charge in [-0.3, -0.25) is 4.79 Å².